The zero-order valence-electron chi connectivity index (χ0n) is 30.3. The predicted octanol–water partition coefficient (Wildman–Crippen LogP) is 8.17. The number of rotatable bonds is 10. The van der Waals surface area contributed by atoms with Gasteiger partial charge in [0, 0.05) is 48.7 Å². The van der Waals surface area contributed by atoms with Crippen LogP contribution in [0, 0.1) is 25.1 Å². The summed E-state index contributed by atoms with van der Waals surface area (Å²) < 4.78 is 24.1. The summed E-state index contributed by atoms with van der Waals surface area (Å²) in [5, 5.41) is 8.52. The lowest BCUT2D eigenvalue weighted by Crippen LogP contribution is -2.38. The van der Waals surface area contributed by atoms with E-state index >= 15 is 0 Å². The lowest BCUT2D eigenvalue weighted by Gasteiger charge is -2.40. The minimum absolute atomic E-state index is 0.172. The molecule has 48 heavy (non-hydrogen) atoms. The van der Waals surface area contributed by atoms with Crippen molar-refractivity contribution in [3.05, 3.63) is 82.4 Å². The predicted molar refractivity (Wildman–Crippen MR) is 189 cm³/mol. The van der Waals surface area contributed by atoms with Gasteiger partial charge in [-0.25, -0.2) is 9.18 Å². The number of hydrogen-bond acceptors (Lipinski definition) is 7. The number of hydrogen-bond donors (Lipinski definition) is 1. The molecule has 1 N–H and O–H groups in total. The second-order valence-corrected chi connectivity index (χ2v) is 14.2. The van der Waals surface area contributed by atoms with Crippen LogP contribution in [-0.4, -0.2) is 59.0 Å². The Kier molecular flexibility index (Phi) is 13.6. The smallest absolute Gasteiger partial charge is 0.410 e. The molecule has 1 aliphatic heterocycles. The van der Waals surface area contributed by atoms with Gasteiger partial charge in [0.15, 0.2) is 0 Å². The molecule has 262 valence electrons. The molecular weight excluding hydrogens is 609 g/mol. The van der Waals surface area contributed by atoms with E-state index in [9.17, 15) is 14.0 Å². The van der Waals surface area contributed by atoms with Crippen molar-refractivity contribution in [2.24, 2.45) is 5.41 Å². The van der Waals surface area contributed by atoms with Crippen molar-refractivity contribution in [1.82, 2.24) is 9.88 Å². The number of pyridine rings is 1. The van der Waals surface area contributed by atoms with Gasteiger partial charge in [0.2, 0.25) is 0 Å². The fourth-order valence-corrected chi connectivity index (χ4v) is 5.67. The summed E-state index contributed by atoms with van der Waals surface area (Å²) in [6.45, 7) is 20.5. The molecular formula is C39H54FN3O5. The third-order valence-electron chi connectivity index (χ3n) is 8.15. The minimum Gasteiger partial charge on any atom is -0.466 e. The minimum atomic E-state index is -0.500. The number of piperidine rings is 1. The summed E-state index contributed by atoms with van der Waals surface area (Å²) in [4.78, 5) is 34.4. The van der Waals surface area contributed by atoms with Gasteiger partial charge < -0.3 is 19.5 Å². The van der Waals surface area contributed by atoms with Crippen LogP contribution in [0.2, 0.25) is 0 Å². The van der Waals surface area contributed by atoms with E-state index in [0.717, 1.165) is 70.8 Å². The highest BCUT2D eigenvalue weighted by atomic mass is 19.1. The van der Waals surface area contributed by atoms with Crippen molar-refractivity contribution in [1.29, 1.82) is 0 Å². The fourth-order valence-electron chi connectivity index (χ4n) is 5.67. The Morgan fingerprint density at radius 3 is 1.90 bits per heavy atom. The Balaban J connectivity index is 0.00000116. The van der Waals surface area contributed by atoms with Gasteiger partial charge in [0.1, 0.15) is 5.82 Å². The van der Waals surface area contributed by atoms with E-state index in [1.807, 2.05) is 32.9 Å². The summed E-state index contributed by atoms with van der Waals surface area (Å²) in [6.07, 6.45) is 1.86. The second-order valence-electron chi connectivity index (χ2n) is 14.2. The number of amides is 1. The highest BCUT2D eigenvalue weighted by Crippen LogP contribution is 2.41. The molecule has 3 aromatic rings. The van der Waals surface area contributed by atoms with Crippen LogP contribution in [0.15, 0.2) is 48.5 Å². The molecule has 2 heterocycles. The first kappa shape index (κ1) is 38.5. The van der Waals surface area contributed by atoms with Gasteiger partial charge >= 0.3 is 12.1 Å². The number of halogens is 1. The van der Waals surface area contributed by atoms with Crippen molar-refractivity contribution >= 4 is 17.7 Å². The van der Waals surface area contributed by atoms with E-state index < -0.39 is 11.7 Å². The van der Waals surface area contributed by atoms with Crippen LogP contribution in [0.25, 0.3) is 11.1 Å². The number of anilines is 1. The van der Waals surface area contributed by atoms with E-state index in [1.54, 1.807) is 44.7 Å². The van der Waals surface area contributed by atoms with Gasteiger partial charge in [-0.1, -0.05) is 50.2 Å². The van der Waals surface area contributed by atoms with Gasteiger partial charge in [-0.05, 0) is 95.5 Å². The molecule has 0 aliphatic carbocycles. The molecule has 1 aliphatic rings. The Morgan fingerprint density at radius 2 is 1.40 bits per heavy atom. The van der Waals surface area contributed by atoms with Crippen LogP contribution < -0.4 is 4.90 Å². The maximum absolute atomic E-state index is 13.4. The lowest BCUT2D eigenvalue weighted by atomic mass is 9.82. The van der Waals surface area contributed by atoms with Crippen LogP contribution >= 0.6 is 0 Å². The summed E-state index contributed by atoms with van der Waals surface area (Å²) in [5.41, 5.74) is 7.26. The number of ether oxygens (including phenoxy) is 2. The first-order valence-electron chi connectivity index (χ1n) is 16.9. The maximum atomic E-state index is 13.4. The highest BCUT2D eigenvalue weighted by molar-refractivity contribution is 5.86. The summed E-state index contributed by atoms with van der Waals surface area (Å²) in [7, 11) is 0. The molecule has 0 radical (unpaired) electrons. The third-order valence-corrected chi connectivity index (χ3v) is 8.15. The zero-order valence-corrected chi connectivity index (χ0v) is 30.3. The van der Waals surface area contributed by atoms with E-state index in [0.29, 0.717) is 19.7 Å². The van der Waals surface area contributed by atoms with Crippen LogP contribution in [-0.2, 0) is 33.8 Å². The number of carbonyl (C=O) groups is 2. The van der Waals surface area contributed by atoms with Crippen LogP contribution in [0.5, 0.6) is 0 Å². The van der Waals surface area contributed by atoms with Crippen molar-refractivity contribution < 1.29 is 28.6 Å². The summed E-state index contributed by atoms with van der Waals surface area (Å²) in [6, 6.07) is 14.3. The number of esters is 1. The van der Waals surface area contributed by atoms with E-state index in [4.69, 9.17) is 19.6 Å². The van der Waals surface area contributed by atoms with Crippen LogP contribution in [0.3, 0.4) is 0 Å². The van der Waals surface area contributed by atoms with Crippen LogP contribution in [0.1, 0.15) is 89.4 Å². The standard InChI is InChI=1S/C35H44FN3O4.C4H10O/c1-7-42-31(40)21-30-24(3)37-25(4)32(33(30)38-19-17-35(5,6)18-20-38)28-13-9-26(10-14-28)22-39(34(41)43-8-2)23-27-11-15-29(36)16-12-27;1-4(2,3)5/h9-16H,7-8,17-23H2,1-6H3;5H,1-3H3. The quantitative estimate of drug-likeness (QED) is 0.219. The first-order valence-corrected chi connectivity index (χ1v) is 16.9. The van der Waals surface area contributed by atoms with E-state index in [-0.39, 0.29) is 30.2 Å². The first-order chi connectivity index (χ1) is 22.5. The molecule has 8 nitrogen and oxygen atoms in total. The van der Waals surface area contributed by atoms with Gasteiger partial charge in [-0.2, -0.15) is 0 Å². The van der Waals surface area contributed by atoms with Crippen molar-refractivity contribution in [2.45, 2.75) is 100 Å². The van der Waals surface area contributed by atoms with E-state index in [2.05, 4.69) is 30.9 Å². The molecule has 0 atom stereocenters. The molecule has 9 heteroatoms. The van der Waals surface area contributed by atoms with Gasteiger partial charge in [-0.15, -0.1) is 0 Å². The fraction of sp³-hybridized carbons (Fsp3) is 0.513. The second kappa shape index (κ2) is 16.9. The number of aliphatic hydroxyl groups is 1. The maximum Gasteiger partial charge on any atom is 0.410 e. The van der Waals surface area contributed by atoms with Gasteiger partial charge in [-0.3, -0.25) is 14.7 Å². The summed E-state index contributed by atoms with van der Waals surface area (Å²) in [5.74, 6) is -0.572. The Morgan fingerprint density at radius 1 is 0.896 bits per heavy atom. The number of benzene rings is 2. The largest absolute Gasteiger partial charge is 0.466 e. The third kappa shape index (κ3) is 11.6. The monoisotopic (exact) mass is 663 g/mol. The molecule has 4 rings (SSSR count). The molecule has 2 aromatic carbocycles. The Bertz CT molecular complexity index is 1500. The molecule has 1 aromatic heterocycles. The molecule has 0 unspecified atom stereocenters. The average Bonchev–Trinajstić information content (AvgIpc) is 2.99. The number of aryl methyl sites for hydroxylation is 2. The normalized spacial score (nSPS) is 14.1. The number of carbonyl (C=O) groups excluding carboxylic acids is 2. The van der Waals surface area contributed by atoms with Gasteiger partial charge in [0.05, 0.1) is 30.9 Å². The Hall–Kier alpha value is -3.98. The Labute approximate surface area is 286 Å². The molecule has 0 saturated carbocycles. The number of nitrogens with zero attached hydrogens (tertiary/aromatic N) is 3. The molecule has 1 amide bonds. The van der Waals surface area contributed by atoms with E-state index in [1.165, 1.54) is 12.1 Å². The topological polar surface area (TPSA) is 92.2 Å². The average molecular weight is 664 g/mol. The molecule has 0 spiro atoms. The van der Waals surface area contributed by atoms with Crippen molar-refractivity contribution in [3.8, 4) is 11.1 Å². The molecule has 1 fully saturated rings. The highest BCUT2D eigenvalue weighted by Gasteiger charge is 2.30. The van der Waals surface area contributed by atoms with Crippen molar-refractivity contribution in [3.63, 3.8) is 0 Å². The zero-order chi connectivity index (χ0) is 35.6. The number of aromatic nitrogens is 1. The lowest BCUT2D eigenvalue weighted by molar-refractivity contribution is -0.142. The van der Waals surface area contributed by atoms with Crippen molar-refractivity contribution in [2.75, 3.05) is 31.2 Å². The molecule has 1 saturated heterocycles. The summed E-state index contributed by atoms with van der Waals surface area (Å²) >= 11 is 0. The molecule has 0 bridgehead atoms. The van der Waals surface area contributed by atoms with Crippen LogP contribution in [0.4, 0.5) is 14.9 Å². The SMILES string of the molecule is CC(C)(C)O.CCOC(=O)Cc1c(C)nc(C)c(-c2ccc(CN(Cc3ccc(F)cc3)C(=O)OCC)cc2)c1N1CCC(C)(C)CC1. The van der Waals surface area contributed by atoms with Gasteiger partial charge in [0.25, 0.3) is 0 Å².